The molecule has 5 heteroatoms. The first-order chi connectivity index (χ1) is 14.5. The van der Waals surface area contributed by atoms with Crippen molar-refractivity contribution in [2.45, 2.75) is 19.5 Å². The molecule has 0 spiro atoms. The predicted octanol–water partition coefficient (Wildman–Crippen LogP) is 7.17. The minimum atomic E-state index is -3.29. The maximum atomic E-state index is 14.0. The fraction of sp³-hybridized carbons (Fsp3) is 0.120. The van der Waals surface area contributed by atoms with Crippen LogP contribution in [0.5, 0.6) is 5.75 Å². The van der Waals surface area contributed by atoms with Crippen molar-refractivity contribution in [1.82, 2.24) is 0 Å². The van der Waals surface area contributed by atoms with Gasteiger partial charge < -0.3 is 4.74 Å². The molecule has 152 valence electrons. The summed E-state index contributed by atoms with van der Waals surface area (Å²) in [5.74, 6) is -3.39. The number of halogens is 4. The number of aryl methyl sites for hydroxylation is 2. The molecule has 0 aliphatic carbocycles. The Bertz CT molecular complexity index is 1150. The Morgan fingerprint density at radius 1 is 0.633 bits per heavy atom. The molecule has 0 atom stereocenters. The fourth-order valence-electron chi connectivity index (χ4n) is 3.48. The predicted molar refractivity (Wildman–Crippen MR) is 110 cm³/mol. The molecule has 1 nitrogen and oxygen atoms in total. The molecule has 4 rings (SSSR count). The zero-order valence-electron chi connectivity index (χ0n) is 15.9. The summed E-state index contributed by atoms with van der Waals surface area (Å²) in [7, 11) is 0. The summed E-state index contributed by atoms with van der Waals surface area (Å²) in [6.07, 6.45) is 1.69. The molecule has 0 bridgehead atoms. The van der Waals surface area contributed by atoms with Crippen LogP contribution in [0.3, 0.4) is 0 Å². The average molecular weight is 410 g/mol. The van der Waals surface area contributed by atoms with Crippen LogP contribution in [0.15, 0.2) is 78.9 Å². The minimum absolute atomic E-state index is 0.257. The van der Waals surface area contributed by atoms with E-state index in [4.69, 9.17) is 0 Å². The lowest BCUT2D eigenvalue weighted by Crippen LogP contribution is -2.06. The van der Waals surface area contributed by atoms with Gasteiger partial charge in [0.2, 0.25) is 0 Å². The molecule has 0 saturated carbocycles. The number of fused-ring (bicyclic) bond motifs is 1. The first-order valence-corrected chi connectivity index (χ1v) is 9.50. The van der Waals surface area contributed by atoms with Gasteiger partial charge in [0.25, 0.3) is 0 Å². The number of ether oxygens (including phenoxy) is 1. The topological polar surface area (TPSA) is 9.23 Å². The van der Waals surface area contributed by atoms with E-state index in [9.17, 15) is 17.6 Å². The van der Waals surface area contributed by atoms with Crippen molar-refractivity contribution in [3.05, 3.63) is 102 Å². The Kier molecular flexibility index (Phi) is 5.70. The molecule has 4 aromatic carbocycles. The van der Waals surface area contributed by atoms with Crippen LogP contribution in [0.4, 0.5) is 17.6 Å². The molecule has 0 saturated heterocycles. The fourth-order valence-corrected chi connectivity index (χ4v) is 3.48. The largest absolute Gasteiger partial charge is 0.429 e. The molecular weight excluding hydrogens is 392 g/mol. The van der Waals surface area contributed by atoms with Crippen molar-refractivity contribution in [3.63, 3.8) is 0 Å². The van der Waals surface area contributed by atoms with Gasteiger partial charge in [-0.15, -0.1) is 0 Å². The van der Waals surface area contributed by atoms with Crippen LogP contribution in [0.25, 0.3) is 21.9 Å². The SMILES string of the molecule is Fc1cc(-c2ccc(CCc3ccc4ccccc4c3)cc2)cc(F)c1OC(F)F. The number of hydrogen-bond donors (Lipinski definition) is 0. The molecule has 0 N–H and O–H groups in total. The monoisotopic (exact) mass is 410 g/mol. The summed E-state index contributed by atoms with van der Waals surface area (Å²) in [6, 6.07) is 23.9. The van der Waals surface area contributed by atoms with E-state index in [0.717, 1.165) is 30.5 Å². The van der Waals surface area contributed by atoms with Crippen molar-refractivity contribution >= 4 is 10.8 Å². The molecule has 0 amide bonds. The van der Waals surface area contributed by atoms with E-state index < -0.39 is 24.0 Å². The first-order valence-electron chi connectivity index (χ1n) is 9.50. The van der Waals surface area contributed by atoms with Crippen LogP contribution in [-0.2, 0) is 12.8 Å². The molecule has 0 heterocycles. The second-order valence-electron chi connectivity index (χ2n) is 7.03. The standard InChI is InChI=1S/C25H18F4O/c26-22-14-21(15-23(27)24(22)30-25(28)29)19-10-7-16(8-11-19)5-6-17-9-12-18-3-1-2-4-20(18)13-17/h1-4,7-15,25H,5-6H2. The maximum Gasteiger partial charge on any atom is 0.387 e. The van der Waals surface area contributed by atoms with Gasteiger partial charge in [0.1, 0.15) is 0 Å². The lowest BCUT2D eigenvalue weighted by atomic mass is 9.99. The highest BCUT2D eigenvalue weighted by Crippen LogP contribution is 2.30. The van der Waals surface area contributed by atoms with Gasteiger partial charge in [-0.2, -0.15) is 8.78 Å². The first kappa shape index (κ1) is 20.0. The summed E-state index contributed by atoms with van der Waals surface area (Å²) < 4.78 is 56.3. The van der Waals surface area contributed by atoms with E-state index in [-0.39, 0.29) is 5.56 Å². The Hall–Kier alpha value is -3.34. The second-order valence-corrected chi connectivity index (χ2v) is 7.03. The van der Waals surface area contributed by atoms with Crippen LogP contribution in [0.1, 0.15) is 11.1 Å². The molecule has 0 aromatic heterocycles. The average Bonchev–Trinajstić information content (AvgIpc) is 2.75. The molecule has 30 heavy (non-hydrogen) atoms. The highest BCUT2D eigenvalue weighted by molar-refractivity contribution is 5.83. The van der Waals surface area contributed by atoms with Crippen molar-refractivity contribution in [1.29, 1.82) is 0 Å². The second kappa shape index (κ2) is 8.57. The normalized spacial score (nSPS) is 11.2. The van der Waals surface area contributed by atoms with Gasteiger partial charge in [0.05, 0.1) is 0 Å². The number of benzene rings is 4. The van der Waals surface area contributed by atoms with Crippen LogP contribution in [0, 0.1) is 11.6 Å². The molecule has 4 aromatic rings. The van der Waals surface area contributed by atoms with E-state index in [0.29, 0.717) is 5.56 Å². The highest BCUT2D eigenvalue weighted by Gasteiger charge is 2.17. The van der Waals surface area contributed by atoms with Crippen LogP contribution >= 0.6 is 0 Å². The van der Waals surface area contributed by atoms with Crippen LogP contribution < -0.4 is 4.74 Å². The van der Waals surface area contributed by atoms with Crippen LogP contribution in [0.2, 0.25) is 0 Å². The summed E-state index contributed by atoms with van der Waals surface area (Å²) >= 11 is 0. The highest BCUT2D eigenvalue weighted by atomic mass is 19.3. The number of hydrogen-bond acceptors (Lipinski definition) is 1. The zero-order chi connectivity index (χ0) is 21.1. The van der Waals surface area contributed by atoms with Gasteiger partial charge in [0, 0.05) is 0 Å². The summed E-state index contributed by atoms with van der Waals surface area (Å²) in [4.78, 5) is 0. The minimum Gasteiger partial charge on any atom is -0.429 e. The molecule has 0 fully saturated rings. The third kappa shape index (κ3) is 4.46. The van der Waals surface area contributed by atoms with E-state index in [1.807, 2.05) is 24.3 Å². The summed E-state index contributed by atoms with van der Waals surface area (Å²) in [5, 5.41) is 2.41. The number of rotatable bonds is 6. The quantitative estimate of drug-likeness (QED) is 0.306. The van der Waals surface area contributed by atoms with Crippen molar-refractivity contribution in [2.75, 3.05) is 0 Å². The zero-order valence-corrected chi connectivity index (χ0v) is 15.9. The molecule has 0 unspecified atom stereocenters. The lowest BCUT2D eigenvalue weighted by molar-refractivity contribution is -0.0546. The van der Waals surface area contributed by atoms with Gasteiger partial charge in [-0.3, -0.25) is 0 Å². The van der Waals surface area contributed by atoms with Crippen molar-refractivity contribution < 1.29 is 22.3 Å². The van der Waals surface area contributed by atoms with Gasteiger partial charge in [-0.25, -0.2) is 8.78 Å². The third-order valence-electron chi connectivity index (χ3n) is 5.01. The van der Waals surface area contributed by atoms with Gasteiger partial charge >= 0.3 is 6.61 Å². The van der Waals surface area contributed by atoms with Crippen LogP contribution in [-0.4, -0.2) is 6.61 Å². The van der Waals surface area contributed by atoms with E-state index in [2.05, 4.69) is 35.1 Å². The number of alkyl halides is 2. The van der Waals surface area contributed by atoms with Gasteiger partial charge in [0.15, 0.2) is 17.4 Å². The smallest absolute Gasteiger partial charge is 0.387 e. The molecule has 0 aliphatic rings. The summed E-state index contributed by atoms with van der Waals surface area (Å²) in [6.45, 7) is -3.29. The van der Waals surface area contributed by atoms with E-state index in [1.54, 1.807) is 12.1 Å². The Morgan fingerprint density at radius 3 is 1.90 bits per heavy atom. The lowest BCUT2D eigenvalue weighted by Gasteiger charge is -2.10. The Labute approximate surface area is 171 Å². The molecular formula is C25H18F4O. The van der Waals surface area contributed by atoms with E-state index in [1.165, 1.54) is 16.3 Å². The van der Waals surface area contributed by atoms with Crippen molar-refractivity contribution in [2.24, 2.45) is 0 Å². The van der Waals surface area contributed by atoms with E-state index >= 15 is 0 Å². The van der Waals surface area contributed by atoms with Gasteiger partial charge in [-0.1, -0.05) is 66.7 Å². The molecule has 0 aliphatic heterocycles. The third-order valence-corrected chi connectivity index (χ3v) is 5.01. The van der Waals surface area contributed by atoms with Gasteiger partial charge in [-0.05, 0) is 58.0 Å². The molecule has 0 radical (unpaired) electrons. The summed E-state index contributed by atoms with van der Waals surface area (Å²) in [5.41, 5.74) is 3.17. The Morgan fingerprint density at radius 2 is 1.23 bits per heavy atom. The van der Waals surface area contributed by atoms with Crippen molar-refractivity contribution in [3.8, 4) is 16.9 Å². The Balaban J connectivity index is 1.47. The maximum absolute atomic E-state index is 14.0.